The van der Waals surface area contributed by atoms with Crippen molar-refractivity contribution in [2.24, 2.45) is 16.2 Å². The highest BCUT2D eigenvalue weighted by Crippen LogP contribution is 2.62. The number of ether oxygens (including phenoxy) is 6. The molecule has 0 spiro atoms. The number of rotatable bonds is 24. The minimum atomic E-state index is -3.92. The number of ketones is 3. The molecule has 0 aromatic heterocycles. The first kappa shape index (κ1) is 78.1. The number of esters is 3. The van der Waals surface area contributed by atoms with Gasteiger partial charge in [-0.2, -0.15) is 0 Å². The van der Waals surface area contributed by atoms with Crippen molar-refractivity contribution in [3.63, 3.8) is 0 Å². The van der Waals surface area contributed by atoms with Crippen LogP contribution in [-0.4, -0.2) is 181 Å². The van der Waals surface area contributed by atoms with Gasteiger partial charge < -0.3 is 28.4 Å². The molecule has 11 rings (SSSR count). The molecule has 0 bridgehead atoms. The molecule has 6 saturated heterocycles. The fourth-order valence-electron chi connectivity index (χ4n) is 13.1. The van der Waals surface area contributed by atoms with E-state index in [1.165, 1.54) is 51.5 Å². The first-order valence-electron chi connectivity index (χ1n) is 33.8. The number of allylic oxidation sites excluding steroid dienone is 3. The molecule has 0 unspecified atom stereocenters. The highest BCUT2D eigenvalue weighted by atomic mass is 31.2. The summed E-state index contributed by atoms with van der Waals surface area (Å²) in [6.07, 6.45) is 28.8. The van der Waals surface area contributed by atoms with Crippen molar-refractivity contribution >= 4 is 76.4 Å². The van der Waals surface area contributed by atoms with Crippen LogP contribution in [0.3, 0.4) is 0 Å². The van der Waals surface area contributed by atoms with E-state index in [1.54, 1.807) is 34.6 Å². The number of nitrogens with zero attached hydrogens (tertiary/aromatic N) is 3. The van der Waals surface area contributed by atoms with Gasteiger partial charge in [-0.3, -0.25) is 98.6 Å². The number of amides is 3. The number of phosphoric acid groups is 3. The Morgan fingerprint density at radius 1 is 0.490 bits per heavy atom. The van der Waals surface area contributed by atoms with Gasteiger partial charge in [-0.15, -0.1) is 19.3 Å². The predicted molar refractivity (Wildman–Crippen MR) is 346 cm³/mol. The highest BCUT2D eigenvalue weighted by molar-refractivity contribution is 7.49. The summed E-state index contributed by atoms with van der Waals surface area (Å²) in [7, 11) is -11.8. The van der Waals surface area contributed by atoms with Gasteiger partial charge in [0.1, 0.15) is 65.1 Å². The number of hydrogen-bond donors (Lipinski definition) is 0. The van der Waals surface area contributed by atoms with Crippen molar-refractivity contribution < 1.29 is 126 Å². The van der Waals surface area contributed by atoms with Crippen molar-refractivity contribution in [2.45, 2.75) is 237 Å². The minimum absolute atomic E-state index is 0.0377. The number of hydrogen-bond acceptors (Lipinski definition) is 27. The average molecular weight is 1460 g/mol. The van der Waals surface area contributed by atoms with E-state index in [2.05, 4.69) is 17.8 Å². The van der Waals surface area contributed by atoms with Crippen LogP contribution in [0, 0.1) is 53.3 Å². The second-order valence-electron chi connectivity index (χ2n) is 26.7. The van der Waals surface area contributed by atoms with Crippen LogP contribution in [0.2, 0.25) is 0 Å². The van der Waals surface area contributed by atoms with Gasteiger partial charge in [-0.25, -0.2) is 13.7 Å². The molecule has 548 valence electrons. The highest BCUT2D eigenvalue weighted by Gasteiger charge is 2.64. The molecule has 0 aromatic carbocycles. The van der Waals surface area contributed by atoms with Crippen LogP contribution in [0.1, 0.15) is 163 Å². The molecule has 15 atom stereocenters. The fraction of sp³-hybridized carbons (Fsp3) is 0.687. The Balaban J connectivity index is 0.000000175. The summed E-state index contributed by atoms with van der Waals surface area (Å²) >= 11 is 0. The van der Waals surface area contributed by atoms with E-state index in [0.29, 0.717) is 38.5 Å². The fourth-order valence-corrected chi connectivity index (χ4v) is 17.6. The predicted octanol–water partition coefficient (Wildman–Crippen LogP) is 8.05. The molecular formula is C67H88N3O27P3. The van der Waals surface area contributed by atoms with Crippen molar-refractivity contribution in [1.82, 2.24) is 14.7 Å². The Bertz CT molecular complexity index is 3300. The van der Waals surface area contributed by atoms with Crippen LogP contribution in [0.15, 0.2) is 36.8 Å². The van der Waals surface area contributed by atoms with Crippen molar-refractivity contribution in [3.8, 4) is 37.0 Å². The maximum atomic E-state index is 13.1. The first-order valence-corrected chi connectivity index (χ1v) is 38.2. The summed E-state index contributed by atoms with van der Waals surface area (Å²) in [6, 6.07) is 0. The van der Waals surface area contributed by atoms with Gasteiger partial charge in [0.25, 0.3) is 0 Å². The number of fused-ring (bicyclic) bond motifs is 3. The van der Waals surface area contributed by atoms with Crippen molar-refractivity contribution in [2.75, 3.05) is 39.6 Å². The van der Waals surface area contributed by atoms with E-state index < -0.39 is 113 Å². The molecule has 0 radical (unpaired) electrons. The molecule has 100 heavy (non-hydrogen) atoms. The Kier molecular flexibility index (Phi) is 26.6. The van der Waals surface area contributed by atoms with E-state index in [-0.39, 0.29) is 132 Å². The Morgan fingerprint density at radius 3 is 1.05 bits per heavy atom. The van der Waals surface area contributed by atoms with Gasteiger partial charge in [0.15, 0.2) is 36.0 Å². The van der Waals surface area contributed by atoms with E-state index in [9.17, 15) is 56.8 Å². The number of unbranched alkanes of at least 4 members (excludes halogenated alkanes) is 3. The largest absolute Gasteiger partial charge is 0.475 e. The molecule has 2 aliphatic carbocycles. The van der Waals surface area contributed by atoms with Crippen LogP contribution < -0.4 is 0 Å². The van der Waals surface area contributed by atoms with Gasteiger partial charge in [0.2, 0.25) is 17.7 Å². The SMILES string of the molecule is C#C[C@]1(C)[C@@H]2O[P@@](=O)(OCCCCC(=O)OC3CCCC3)OC[C@H]2O[C@H]1N1C=CC(=O)CC1=O.C#C[C@]1(C)[C@@H]2O[P@](=O)(OCCCCC(=O)OC(C)C)OC[C@H]2O[C@H]1N1C=CC(=O)CC1=O.C#C[C@]1(C)[C@@H]2O[P@](=O)(OCCCCC(=O)OC3CCCC3)OC[C@H]2O[C@H]1N1C=CC(=O)CC1=O. The van der Waals surface area contributed by atoms with Crippen LogP contribution in [0.5, 0.6) is 0 Å². The monoisotopic (exact) mass is 1460 g/mol. The molecule has 33 heteroatoms. The quantitative estimate of drug-likeness (QED) is 0.0220. The van der Waals surface area contributed by atoms with Crippen LogP contribution in [0.4, 0.5) is 0 Å². The Morgan fingerprint density at radius 2 is 0.780 bits per heavy atom. The van der Waals surface area contributed by atoms with Crippen LogP contribution in [-0.2, 0) is 126 Å². The second kappa shape index (κ2) is 34.0. The van der Waals surface area contributed by atoms with Gasteiger partial charge >= 0.3 is 41.4 Å². The summed E-state index contributed by atoms with van der Waals surface area (Å²) in [6.45, 7) is 8.47. The van der Waals surface area contributed by atoms with Gasteiger partial charge in [-0.1, -0.05) is 17.8 Å². The summed E-state index contributed by atoms with van der Waals surface area (Å²) in [5.41, 5.74) is -3.47. The molecule has 0 N–H and O–H groups in total. The van der Waals surface area contributed by atoms with E-state index in [4.69, 9.17) is 88.4 Å². The molecule has 2 saturated carbocycles. The van der Waals surface area contributed by atoms with Crippen LogP contribution in [0.25, 0.3) is 0 Å². The number of phosphoric ester groups is 3. The second-order valence-corrected chi connectivity index (χ2v) is 31.5. The van der Waals surface area contributed by atoms with Gasteiger partial charge in [0.05, 0.1) is 65.0 Å². The normalized spacial score (nSPS) is 35.4. The van der Waals surface area contributed by atoms with E-state index in [1.807, 2.05) is 0 Å². The topological polar surface area (TPSA) is 353 Å². The molecule has 3 amide bonds. The number of terminal acetylenes is 3. The zero-order valence-corrected chi connectivity index (χ0v) is 59.4. The van der Waals surface area contributed by atoms with Crippen LogP contribution >= 0.6 is 23.5 Å². The molecule has 11 aliphatic rings. The molecule has 0 aromatic rings. The van der Waals surface area contributed by atoms with E-state index in [0.717, 1.165) is 51.4 Å². The average Bonchev–Trinajstić information content (AvgIpc) is 1.60. The lowest BCUT2D eigenvalue weighted by atomic mass is 9.82. The lowest BCUT2D eigenvalue weighted by molar-refractivity contribution is -0.149. The van der Waals surface area contributed by atoms with Crippen molar-refractivity contribution in [1.29, 1.82) is 0 Å². The van der Waals surface area contributed by atoms with E-state index >= 15 is 0 Å². The molecule has 8 fully saturated rings. The zero-order valence-electron chi connectivity index (χ0n) is 56.7. The maximum absolute atomic E-state index is 13.1. The first-order chi connectivity index (χ1) is 47.6. The number of carbonyl (C=O) groups excluding carboxylic acids is 9. The summed E-state index contributed by atoms with van der Waals surface area (Å²) in [5.74, 6) is 4.87. The Labute approximate surface area is 581 Å². The molecule has 9 heterocycles. The third-order valence-electron chi connectivity index (χ3n) is 18.6. The number of carbonyl (C=O) groups is 9. The standard InChI is InChI=1S/2C23H30NO9P.C21H28NO9P/c2*1-3-23(2)21-18(32-22(23)24-12-11-16(25)14-19(24)26)15-30-34(28,33-21)29-13-7-6-10-20(27)31-17-8-4-5-9-17;1-5-21(4)19-16(30-20(21)22-10-9-15(23)12-17(22)24)13-28-32(26,31-19)27-11-7-6-8-18(25)29-14(2)3/h2*1,11-12,17-18,21-22H,4-10,13-15H2,2H3;1,9-10,14,16,19-20H,6-8,11-13H2,2-4H3/t18-,21-,22-,23-,34+;18-,21-,22-,23-,34-;16-,19-,20-,21-,32-/m111/s1. The molecule has 9 aliphatic heterocycles. The smallest absolute Gasteiger partial charge is 0.463 e. The zero-order chi connectivity index (χ0) is 72.2. The summed E-state index contributed by atoms with van der Waals surface area (Å²) in [4.78, 5) is 111. The third-order valence-corrected chi connectivity index (χ3v) is 22.9. The summed E-state index contributed by atoms with van der Waals surface area (Å²) < 4.78 is 122. The maximum Gasteiger partial charge on any atom is 0.475 e. The molecular weight excluding hydrogens is 1370 g/mol. The molecule has 30 nitrogen and oxygen atoms in total. The van der Waals surface area contributed by atoms with Gasteiger partial charge in [-0.05, 0) is 143 Å². The third kappa shape index (κ3) is 19.0. The Hall–Kier alpha value is -6.06. The lowest BCUT2D eigenvalue weighted by Crippen LogP contribution is -2.49. The minimum Gasteiger partial charge on any atom is -0.463 e. The van der Waals surface area contributed by atoms with Crippen molar-refractivity contribution in [3.05, 3.63) is 36.8 Å². The summed E-state index contributed by atoms with van der Waals surface area (Å²) in [5, 5.41) is 0. The lowest BCUT2D eigenvalue weighted by Gasteiger charge is -2.37. The van der Waals surface area contributed by atoms with Gasteiger partial charge in [0, 0.05) is 37.9 Å².